The van der Waals surface area contributed by atoms with E-state index in [1.807, 2.05) is 31.2 Å². The Balaban J connectivity index is 1.47. The summed E-state index contributed by atoms with van der Waals surface area (Å²) in [6.45, 7) is 3.38. The van der Waals surface area contributed by atoms with Crippen molar-refractivity contribution in [2.45, 2.75) is 25.9 Å². The van der Waals surface area contributed by atoms with Gasteiger partial charge in [0.05, 0.1) is 6.54 Å². The van der Waals surface area contributed by atoms with Crippen LogP contribution >= 0.6 is 0 Å². The van der Waals surface area contributed by atoms with E-state index in [9.17, 15) is 9.59 Å². The number of carbonyl (C=O) groups excluding carboxylic acids is 2. The topological polar surface area (TPSA) is 76.7 Å². The first-order valence-electron chi connectivity index (χ1n) is 9.12. The van der Waals surface area contributed by atoms with Crippen molar-refractivity contribution in [2.24, 2.45) is 0 Å². The summed E-state index contributed by atoms with van der Waals surface area (Å²) in [4.78, 5) is 24.4. The Morgan fingerprint density at radius 3 is 2.81 bits per heavy atom. The minimum atomic E-state index is -0.402. The number of nitrogens with one attached hydrogen (secondary N) is 2. The molecule has 0 aromatic heterocycles. The van der Waals surface area contributed by atoms with Crippen molar-refractivity contribution in [1.82, 2.24) is 5.32 Å². The maximum atomic E-state index is 12.3. The summed E-state index contributed by atoms with van der Waals surface area (Å²) < 4.78 is 11.0. The fraction of sp³-hybridized carbons (Fsp3) is 0.333. The van der Waals surface area contributed by atoms with Gasteiger partial charge in [0.15, 0.2) is 0 Å². The molecule has 1 aliphatic rings. The summed E-state index contributed by atoms with van der Waals surface area (Å²) in [7, 11) is 0. The monoisotopic (exact) mass is 368 g/mol. The summed E-state index contributed by atoms with van der Waals surface area (Å²) in [5.74, 6) is 0.399. The number of rotatable bonds is 7. The van der Waals surface area contributed by atoms with Crippen molar-refractivity contribution >= 4 is 17.5 Å². The van der Waals surface area contributed by atoms with Crippen molar-refractivity contribution in [3.05, 3.63) is 59.7 Å². The zero-order valence-electron chi connectivity index (χ0n) is 15.4. The van der Waals surface area contributed by atoms with E-state index in [0.29, 0.717) is 31.0 Å². The van der Waals surface area contributed by atoms with Gasteiger partial charge in [0.1, 0.15) is 18.5 Å². The number of hydrogen-bond donors (Lipinski definition) is 2. The molecule has 6 heteroatoms. The highest BCUT2D eigenvalue weighted by atomic mass is 16.5. The van der Waals surface area contributed by atoms with E-state index in [1.165, 1.54) is 0 Å². The van der Waals surface area contributed by atoms with Crippen LogP contribution in [0.3, 0.4) is 0 Å². The van der Waals surface area contributed by atoms with Crippen molar-refractivity contribution in [3.8, 4) is 5.75 Å². The Hall–Kier alpha value is -2.86. The highest BCUT2D eigenvalue weighted by Gasteiger charge is 2.23. The number of benzene rings is 2. The van der Waals surface area contributed by atoms with E-state index < -0.39 is 6.10 Å². The highest BCUT2D eigenvalue weighted by molar-refractivity contribution is 5.98. The largest absolute Gasteiger partial charge is 0.492 e. The molecule has 0 saturated carbocycles. The number of carbonyl (C=O) groups is 2. The van der Waals surface area contributed by atoms with Crippen LogP contribution in [0.15, 0.2) is 48.5 Å². The van der Waals surface area contributed by atoms with Gasteiger partial charge in [-0.1, -0.05) is 18.2 Å². The van der Waals surface area contributed by atoms with E-state index in [4.69, 9.17) is 9.47 Å². The van der Waals surface area contributed by atoms with Gasteiger partial charge in [-0.3, -0.25) is 9.59 Å². The Bertz CT molecular complexity index is 800. The van der Waals surface area contributed by atoms with Gasteiger partial charge in [-0.2, -0.15) is 0 Å². The van der Waals surface area contributed by atoms with Gasteiger partial charge in [-0.05, 0) is 55.7 Å². The number of aryl methyl sites for hydroxylation is 1. The molecule has 3 rings (SSSR count). The first kappa shape index (κ1) is 18.9. The number of hydrogen-bond acceptors (Lipinski definition) is 4. The van der Waals surface area contributed by atoms with Gasteiger partial charge in [0, 0.05) is 17.9 Å². The number of anilines is 1. The third-order valence-corrected chi connectivity index (χ3v) is 4.26. The average Bonchev–Trinajstić information content (AvgIpc) is 3.20. The molecule has 1 atom stereocenters. The number of ether oxygens (including phenoxy) is 2. The highest BCUT2D eigenvalue weighted by Crippen LogP contribution is 2.16. The summed E-state index contributed by atoms with van der Waals surface area (Å²) >= 11 is 0. The standard InChI is InChI=1S/C21H24N2O4/c1-15-5-2-8-18(13-15)26-12-10-22-20(24)16-6-3-7-17(14-16)23-21(25)19-9-4-11-27-19/h2-3,5-8,13-14,19H,4,9-12H2,1H3,(H,22,24)(H,23,25). The van der Waals surface area contributed by atoms with Crippen molar-refractivity contribution in [3.63, 3.8) is 0 Å². The lowest BCUT2D eigenvalue weighted by Crippen LogP contribution is -2.29. The molecule has 0 bridgehead atoms. The molecule has 142 valence electrons. The first-order valence-corrected chi connectivity index (χ1v) is 9.12. The third-order valence-electron chi connectivity index (χ3n) is 4.26. The van der Waals surface area contributed by atoms with Crippen LogP contribution in [0.1, 0.15) is 28.8 Å². The van der Waals surface area contributed by atoms with E-state index in [0.717, 1.165) is 24.2 Å². The molecule has 2 N–H and O–H groups in total. The molecule has 1 unspecified atom stereocenters. The molecule has 2 aromatic rings. The van der Waals surface area contributed by atoms with E-state index in [2.05, 4.69) is 10.6 Å². The fourth-order valence-electron chi connectivity index (χ4n) is 2.89. The maximum Gasteiger partial charge on any atom is 0.253 e. The minimum Gasteiger partial charge on any atom is -0.492 e. The van der Waals surface area contributed by atoms with Gasteiger partial charge in [0.2, 0.25) is 0 Å². The van der Waals surface area contributed by atoms with Gasteiger partial charge in [0.25, 0.3) is 11.8 Å². The van der Waals surface area contributed by atoms with Crippen LogP contribution in [-0.2, 0) is 9.53 Å². The Morgan fingerprint density at radius 1 is 1.19 bits per heavy atom. The third kappa shape index (κ3) is 5.56. The van der Waals surface area contributed by atoms with E-state index in [1.54, 1.807) is 24.3 Å². The lowest BCUT2D eigenvalue weighted by atomic mass is 10.1. The van der Waals surface area contributed by atoms with E-state index in [-0.39, 0.29) is 11.8 Å². The maximum absolute atomic E-state index is 12.3. The second kappa shape index (κ2) is 9.19. The quantitative estimate of drug-likeness (QED) is 0.737. The molecule has 1 saturated heterocycles. The smallest absolute Gasteiger partial charge is 0.253 e. The summed E-state index contributed by atoms with van der Waals surface area (Å²) in [6, 6.07) is 14.6. The van der Waals surface area contributed by atoms with E-state index >= 15 is 0 Å². The van der Waals surface area contributed by atoms with Crippen molar-refractivity contribution in [1.29, 1.82) is 0 Å². The summed E-state index contributed by atoms with van der Waals surface area (Å²) in [5.41, 5.74) is 2.19. The van der Waals surface area contributed by atoms with Crippen molar-refractivity contribution < 1.29 is 19.1 Å². The van der Waals surface area contributed by atoms with Crippen LogP contribution < -0.4 is 15.4 Å². The van der Waals surface area contributed by atoms with Gasteiger partial charge in [-0.25, -0.2) is 0 Å². The predicted octanol–water partition coefficient (Wildman–Crippen LogP) is 2.92. The second-order valence-electron chi connectivity index (χ2n) is 6.49. The molecule has 0 aliphatic carbocycles. The molecular weight excluding hydrogens is 344 g/mol. The molecule has 2 aromatic carbocycles. The van der Waals surface area contributed by atoms with Crippen LogP contribution in [-0.4, -0.2) is 37.7 Å². The molecule has 27 heavy (non-hydrogen) atoms. The van der Waals surface area contributed by atoms with Gasteiger partial charge in [-0.15, -0.1) is 0 Å². The Morgan fingerprint density at radius 2 is 2.04 bits per heavy atom. The van der Waals surface area contributed by atoms with Gasteiger partial charge < -0.3 is 20.1 Å². The molecule has 0 spiro atoms. The minimum absolute atomic E-state index is 0.170. The first-order chi connectivity index (χ1) is 13.1. The lowest BCUT2D eigenvalue weighted by Gasteiger charge is -2.12. The average molecular weight is 368 g/mol. The zero-order valence-corrected chi connectivity index (χ0v) is 15.4. The number of amides is 2. The van der Waals surface area contributed by atoms with Crippen LogP contribution in [0.5, 0.6) is 5.75 Å². The molecule has 1 aliphatic heterocycles. The summed E-state index contributed by atoms with van der Waals surface area (Å²) in [5, 5.41) is 5.62. The summed E-state index contributed by atoms with van der Waals surface area (Å²) in [6.07, 6.45) is 1.22. The molecule has 1 heterocycles. The molecular formula is C21H24N2O4. The van der Waals surface area contributed by atoms with Crippen LogP contribution in [0, 0.1) is 6.92 Å². The fourth-order valence-corrected chi connectivity index (χ4v) is 2.89. The predicted molar refractivity (Wildman–Crippen MR) is 103 cm³/mol. The van der Waals surface area contributed by atoms with Crippen molar-refractivity contribution in [2.75, 3.05) is 25.1 Å². The van der Waals surface area contributed by atoms with Crippen LogP contribution in [0.2, 0.25) is 0 Å². The SMILES string of the molecule is Cc1cccc(OCCNC(=O)c2cccc(NC(=O)C3CCCO3)c2)c1. The molecule has 0 radical (unpaired) electrons. The normalized spacial score (nSPS) is 16.0. The zero-order chi connectivity index (χ0) is 19.1. The van der Waals surface area contributed by atoms with Crippen LogP contribution in [0.4, 0.5) is 5.69 Å². The lowest BCUT2D eigenvalue weighted by molar-refractivity contribution is -0.124. The van der Waals surface area contributed by atoms with Gasteiger partial charge >= 0.3 is 0 Å². The molecule has 1 fully saturated rings. The Labute approximate surface area is 158 Å². The second-order valence-corrected chi connectivity index (χ2v) is 6.49. The molecule has 2 amide bonds. The Kier molecular flexibility index (Phi) is 6.44. The van der Waals surface area contributed by atoms with Crippen LogP contribution in [0.25, 0.3) is 0 Å². The molecule has 6 nitrogen and oxygen atoms in total.